The molecule has 2 amide bonds. The number of furan rings is 1. The molecular formula is C26H24N2O4S. The number of amides is 2. The van der Waals surface area contributed by atoms with Crippen LogP contribution in [-0.2, 0) is 22.6 Å². The third-order valence-corrected chi connectivity index (χ3v) is 6.04. The number of hydrogen-bond donors (Lipinski definition) is 1. The second kappa shape index (κ2) is 10.7. The molecule has 0 aliphatic carbocycles. The van der Waals surface area contributed by atoms with E-state index in [9.17, 15) is 9.59 Å². The van der Waals surface area contributed by atoms with Crippen molar-refractivity contribution < 1.29 is 18.7 Å². The van der Waals surface area contributed by atoms with Gasteiger partial charge >= 0.3 is 0 Å². The zero-order chi connectivity index (χ0) is 23.0. The molecule has 4 aromatic rings. The van der Waals surface area contributed by atoms with Crippen molar-refractivity contribution >= 4 is 28.8 Å². The summed E-state index contributed by atoms with van der Waals surface area (Å²) in [5.41, 5.74) is 1.33. The number of carbonyl (C=O) groups excluding carboxylic acids is 2. The highest BCUT2D eigenvalue weighted by Gasteiger charge is 2.32. The van der Waals surface area contributed by atoms with Gasteiger partial charge in [0.05, 0.1) is 26.3 Å². The molecule has 0 saturated heterocycles. The Morgan fingerprint density at radius 2 is 1.79 bits per heavy atom. The molecule has 168 valence electrons. The molecule has 0 fully saturated rings. The van der Waals surface area contributed by atoms with Crippen molar-refractivity contribution in [2.45, 2.75) is 19.0 Å². The molecule has 7 heteroatoms. The number of hydrogen-bond acceptors (Lipinski definition) is 5. The average molecular weight is 461 g/mol. The molecule has 0 aliphatic rings. The van der Waals surface area contributed by atoms with Gasteiger partial charge in [0, 0.05) is 10.6 Å². The highest BCUT2D eigenvalue weighted by molar-refractivity contribution is 7.10. The van der Waals surface area contributed by atoms with Crippen LogP contribution in [0.3, 0.4) is 0 Å². The summed E-state index contributed by atoms with van der Waals surface area (Å²) in [4.78, 5) is 29.6. The minimum absolute atomic E-state index is 0.160. The number of nitrogens with zero attached hydrogens (tertiary/aromatic N) is 1. The van der Waals surface area contributed by atoms with Gasteiger partial charge in [0.1, 0.15) is 17.6 Å². The van der Waals surface area contributed by atoms with Gasteiger partial charge < -0.3 is 19.4 Å². The van der Waals surface area contributed by atoms with E-state index in [1.165, 1.54) is 11.3 Å². The van der Waals surface area contributed by atoms with Crippen molar-refractivity contribution in [3.8, 4) is 5.75 Å². The number of carbonyl (C=O) groups is 2. The van der Waals surface area contributed by atoms with Crippen LogP contribution in [0.5, 0.6) is 5.75 Å². The van der Waals surface area contributed by atoms with E-state index in [2.05, 4.69) is 5.32 Å². The van der Waals surface area contributed by atoms with Gasteiger partial charge in [-0.3, -0.25) is 9.59 Å². The number of methoxy groups -OCH3 is 1. The summed E-state index contributed by atoms with van der Waals surface area (Å²) in [6.07, 6.45) is 1.77. The summed E-state index contributed by atoms with van der Waals surface area (Å²) in [6.45, 7) is 0.173. The fraction of sp³-hybridized carbons (Fsp3) is 0.154. The number of nitrogens with one attached hydrogen (secondary N) is 1. The van der Waals surface area contributed by atoms with Crippen LogP contribution in [0.25, 0.3) is 0 Å². The van der Waals surface area contributed by atoms with Crippen molar-refractivity contribution in [3.05, 3.63) is 107 Å². The minimum Gasteiger partial charge on any atom is -0.497 e. The molecule has 33 heavy (non-hydrogen) atoms. The van der Waals surface area contributed by atoms with E-state index in [-0.39, 0.29) is 24.8 Å². The Kier molecular flexibility index (Phi) is 7.22. The molecule has 6 nitrogen and oxygen atoms in total. The van der Waals surface area contributed by atoms with Gasteiger partial charge in [-0.05, 0) is 53.4 Å². The Morgan fingerprint density at radius 3 is 2.42 bits per heavy atom. The van der Waals surface area contributed by atoms with Crippen molar-refractivity contribution in [2.75, 3.05) is 12.4 Å². The fourth-order valence-electron chi connectivity index (χ4n) is 3.55. The predicted octanol–water partition coefficient (Wildman–Crippen LogP) is 5.30. The fourth-order valence-corrected chi connectivity index (χ4v) is 4.25. The Balaban J connectivity index is 1.67. The normalized spacial score (nSPS) is 11.5. The second-order valence-electron chi connectivity index (χ2n) is 7.39. The first-order valence-electron chi connectivity index (χ1n) is 10.5. The number of thiophene rings is 1. The van der Waals surface area contributed by atoms with Crippen LogP contribution in [0.2, 0.25) is 0 Å². The first kappa shape index (κ1) is 22.4. The molecule has 4 rings (SSSR count). The standard InChI is InChI=1S/C26H24N2O4S/c1-31-21-13-11-20(12-14-21)27-26(30)25(19-7-3-2-4-8-19)28(18-22-9-5-15-32-22)24(29)17-23-10-6-16-33-23/h2-16,25H,17-18H2,1H3,(H,27,30)/t25-/m1/s1. The maximum atomic E-state index is 13.6. The van der Waals surface area contributed by atoms with Gasteiger partial charge in [-0.2, -0.15) is 0 Å². The molecule has 1 atom stereocenters. The summed E-state index contributed by atoms with van der Waals surface area (Å²) >= 11 is 1.52. The van der Waals surface area contributed by atoms with Gasteiger partial charge in [0.15, 0.2) is 0 Å². The van der Waals surface area contributed by atoms with E-state index in [0.717, 1.165) is 10.4 Å². The Hall–Kier alpha value is -3.84. The number of ether oxygens (including phenoxy) is 1. The van der Waals surface area contributed by atoms with Crippen LogP contribution in [-0.4, -0.2) is 23.8 Å². The molecule has 2 aromatic carbocycles. The third-order valence-electron chi connectivity index (χ3n) is 5.17. The van der Waals surface area contributed by atoms with Gasteiger partial charge in [0.25, 0.3) is 5.91 Å². The zero-order valence-corrected chi connectivity index (χ0v) is 19.0. The summed E-state index contributed by atoms with van der Waals surface area (Å²) in [6, 6.07) is 22.9. The molecule has 0 saturated carbocycles. The van der Waals surface area contributed by atoms with E-state index in [1.54, 1.807) is 54.7 Å². The van der Waals surface area contributed by atoms with E-state index >= 15 is 0 Å². The summed E-state index contributed by atoms with van der Waals surface area (Å²) in [7, 11) is 1.59. The summed E-state index contributed by atoms with van der Waals surface area (Å²) in [5, 5.41) is 4.88. The first-order chi connectivity index (χ1) is 16.1. The Morgan fingerprint density at radius 1 is 1.00 bits per heavy atom. The maximum Gasteiger partial charge on any atom is 0.251 e. The number of benzene rings is 2. The molecule has 0 aliphatic heterocycles. The molecular weight excluding hydrogens is 436 g/mol. The lowest BCUT2D eigenvalue weighted by Crippen LogP contribution is -2.41. The largest absolute Gasteiger partial charge is 0.497 e. The van der Waals surface area contributed by atoms with E-state index < -0.39 is 6.04 Å². The lowest BCUT2D eigenvalue weighted by molar-refractivity contribution is -0.139. The van der Waals surface area contributed by atoms with Gasteiger partial charge in [0.2, 0.25) is 5.91 Å². The zero-order valence-electron chi connectivity index (χ0n) is 18.1. The lowest BCUT2D eigenvalue weighted by atomic mass is 10.0. The quantitative estimate of drug-likeness (QED) is 0.368. The Bertz CT molecular complexity index is 1160. The second-order valence-corrected chi connectivity index (χ2v) is 8.42. The molecule has 0 bridgehead atoms. The molecule has 2 heterocycles. The van der Waals surface area contributed by atoms with Crippen molar-refractivity contribution in [1.82, 2.24) is 4.90 Å². The number of anilines is 1. The van der Waals surface area contributed by atoms with Gasteiger partial charge in [-0.25, -0.2) is 0 Å². The number of rotatable bonds is 9. The molecule has 0 radical (unpaired) electrons. The van der Waals surface area contributed by atoms with Crippen molar-refractivity contribution in [2.24, 2.45) is 0 Å². The molecule has 0 unspecified atom stereocenters. The van der Waals surface area contributed by atoms with Crippen molar-refractivity contribution in [1.29, 1.82) is 0 Å². The van der Waals surface area contributed by atoms with Crippen LogP contribution in [0.1, 0.15) is 22.2 Å². The monoisotopic (exact) mass is 460 g/mol. The highest BCUT2D eigenvalue weighted by atomic mass is 32.1. The highest BCUT2D eigenvalue weighted by Crippen LogP contribution is 2.27. The minimum atomic E-state index is -0.842. The molecule has 1 N–H and O–H groups in total. The van der Waals surface area contributed by atoms with Crippen molar-refractivity contribution in [3.63, 3.8) is 0 Å². The van der Waals surface area contributed by atoms with Crippen LogP contribution < -0.4 is 10.1 Å². The first-order valence-corrected chi connectivity index (χ1v) is 11.4. The summed E-state index contributed by atoms with van der Waals surface area (Å²) < 4.78 is 10.7. The Labute approximate surface area is 196 Å². The van der Waals surface area contributed by atoms with E-state index in [0.29, 0.717) is 17.2 Å². The van der Waals surface area contributed by atoms with Crippen LogP contribution in [0, 0.1) is 0 Å². The van der Waals surface area contributed by atoms with E-state index in [1.807, 2.05) is 47.8 Å². The molecule has 2 aromatic heterocycles. The topological polar surface area (TPSA) is 71.8 Å². The predicted molar refractivity (Wildman–Crippen MR) is 128 cm³/mol. The van der Waals surface area contributed by atoms with Crippen LogP contribution >= 0.6 is 11.3 Å². The van der Waals surface area contributed by atoms with Crippen LogP contribution in [0.15, 0.2) is 94.9 Å². The SMILES string of the molecule is COc1ccc(NC(=O)[C@@H](c2ccccc2)N(Cc2ccco2)C(=O)Cc2cccs2)cc1. The molecule has 0 spiro atoms. The average Bonchev–Trinajstić information content (AvgIpc) is 3.54. The van der Waals surface area contributed by atoms with Crippen LogP contribution in [0.4, 0.5) is 5.69 Å². The van der Waals surface area contributed by atoms with Gasteiger partial charge in [-0.15, -0.1) is 11.3 Å². The maximum absolute atomic E-state index is 13.6. The summed E-state index contributed by atoms with van der Waals surface area (Å²) in [5.74, 6) is 0.830. The van der Waals surface area contributed by atoms with E-state index in [4.69, 9.17) is 9.15 Å². The smallest absolute Gasteiger partial charge is 0.251 e. The lowest BCUT2D eigenvalue weighted by Gasteiger charge is -2.31. The van der Waals surface area contributed by atoms with Gasteiger partial charge in [-0.1, -0.05) is 36.4 Å². The third kappa shape index (κ3) is 5.70.